The van der Waals surface area contributed by atoms with Crippen molar-refractivity contribution in [1.82, 2.24) is 9.88 Å². The Morgan fingerprint density at radius 1 is 0.838 bits per heavy atom. The highest BCUT2D eigenvalue weighted by Gasteiger charge is 2.13. The number of piperidine rings is 1. The monoisotopic (exact) mass is 495 g/mol. The maximum Gasteiger partial charge on any atom is 0.131 e. The van der Waals surface area contributed by atoms with Gasteiger partial charge in [0.05, 0.1) is 17.8 Å². The van der Waals surface area contributed by atoms with Gasteiger partial charge in [0.25, 0.3) is 0 Å². The molecule has 0 radical (unpaired) electrons. The lowest BCUT2D eigenvalue weighted by molar-refractivity contribution is 0.184. The molecule has 5 rings (SSSR count). The van der Waals surface area contributed by atoms with Crippen molar-refractivity contribution in [1.29, 1.82) is 0 Å². The van der Waals surface area contributed by atoms with E-state index in [0.29, 0.717) is 6.61 Å². The summed E-state index contributed by atoms with van der Waals surface area (Å²) < 4.78 is 12.2. The first-order chi connectivity index (χ1) is 18.3. The Bertz CT molecular complexity index is 1270. The van der Waals surface area contributed by atoms with Crippen molar-refractivity contribution >= 4 is 16.6 Å². The number of nitrogens with one attached hydrogen (secondary N) is 1. The number of rotatable bonds is 11. The number of nitrogens with zero attached hydrogens (tertiary/aromatic N) is 2. The van der Waals surface area contributed by atoms with Crippen LogP contribution in [0.25, 0.3) is 22.2 Å². The summed E-state index contributed by atoms with van der Waals surface area (Å²) in [5, 5.41) is 4.58. The molecule has 5 heteroatoms. The quantitative estimate of drug-likeness (QED) is 0.239. The third-order valence-corrected chi connectivity index (χ3v) is 6.85. The van der Waals surface area contributed by atoms with Gasteiger partial charge in [-0.05, 0) is 80.4 Å². The van der Waals surface area contributed by atoms with E-state index in [1.54, 1.807) is 0 Å². The van der Waals surface area contributed by atoms with Crippen molar-refractivity contribution in [2.75, 3.05) is 38.2 Å². The molecule has 192 valence electrons. The molecule has 4 aromatic rings. The number of anilines is 1. The smallest absolute Gasteiger partial charge is 0.131 e. The van der Waals surface area contributed by atoms with Gasteiger partial charge < -0.3 is 14.8 Å². The van der Waals surface area contributed by atoms with Gasteiger partial charge in [0.2, 0.25) is 0 Å². The van der Waals surface area contributed by atoms with Crippen LogP contribution in [0.3, 0.4) is 0 Å². The number of benzene rings is 3. The molecule has 1 N–H and O–H groups in total. The molecule has 1 fully saturated rings. The molecular weight excluding hydrogens is 458 g/mol. The second-order valence-corrected chi connectivity index (χ2v) is 9.70. The second-order valence-electron chi connectivity index (χ2n) is 9.70. The first-order valence-electron chi connectivity index (χ1n) is 13.6. The Hall–Kier alpha value is -3.57. The molecule has 1 aliphatic rings. The van der Waals surface area contributed by atoms with Crippen molar-refractivity contribution in [3.05, 3.63) is 84.4 Å². The zero-order valence-corrected chi connectivity index (χ0v) is 21.8. The largest absolute Gasteiger partial charge is 0.494 e. The van der Waals surface area contributed by atoms with E-state index in [9.17, 15) is 0 Å². The molecule has 0 bridgehead atoms. The van der Waals surface area contributed by atoms with Gasteiger partial charge >= 0.3 is 0 Å². The number of ether oxygens (including phenoxy) is 2. The predicted octanol–water partition coefficient (Wildman–Crippen LogP) is 7.17. The third-order valence-electron chi connectivity index (χ3n) is 6.85. The fourth-order valence-electron chi connectivity index (χ4n) is 4.78. The van der Waals surface area contributed by atoms with Crippen molar-refractivity contribution < 1.29 is 9.47 Å². The Morgan fingerprint density at radius 3 is 2.43 bits per heavy atom. The first-order valence-corrected chi connectivity index (χ1v) is 13.6. The summed E-state index contributed by atoms with van der Waals surface area (Å²) in [5.74, 6) is 1.77. The zero-order valence-electron chi connectivity index (χ0n) is 21.8. The SMILES string of the molecule is CCCOc1ccc(-c2cc(OCCN3CCCCC3)c3cc(NCc4ccccc4)ccc3n2)cc1. The summed E-state index contributed by atoms with van der Waals surface area (Å²) in [4.78, 5) is 7.51. The minimum atomic E-state index is 0.671. The summed E-state index contributed by atoms with van der Waals surface area (Å²) in [6.45, 7) is 7.58. The average molecular weight is 496 g/mol. The fourth-order valence-corrected chi connectivity index (χ4v) is 4.78. The fraction of sp³-hybridized carbons (Fsp3) is 0.344. The highest BCUT2D eigenvalue weighted by molar-refractivity contribution is 5.90. The van der Waals surface area contributed by atoms with Crippen LogP contribution in [0.2, 0.25) is 0 Å². The van der Waals surface area contributed by atoms with Gasteiger partial charge in [0.15, 0.2) is 0 Å². The molecule has 1 aliphatic heterocycles. The molecule has 0 saturated carbocycles. The summed E-state index contributed by atoms with van der Waals surface area (Å²) in [5.41, 5.74) is 5.21. The van der Waals surface area contributed by atoms with Gasteiger partial charge in [-0.3, -0.25) is 4.90 Å². The van der Waals surface area contributed by atoms with Crippen molar-refractivity contribution in [2.24, 2.45) is 0 Å². The zero-order chi connectivity index (χ0) is 25.3. The maximum atomic E-state index is 6.44. The Balaban J connectivity index is 1.39. The number of pyridine rings is 1. The second kappa shape index (κ2) is 12.6. The van der Waals surface area contributed by atoms with Crippen LogP contribution in [0.4, 0.5) is 5.69 Å². The molecule has 0 unspecified atom stereocenters. The molecule has 0 amide bonds. The van der Waals surface area contributed by atoms with Crippen LogP contribution in [-0.4, -0.2) is 42.7 Å². The van der Waals surface area contributed by atoms with Crippen LogP contribution in [0, 0.1) is 0 Å². The summed E-state index contributed by atoms with van der Waals surface area (Å²) in [6, 6.07) is 27.1. The molecule has 2 heterocycles. The minimum Gasteiger partial charge on any atom is -0.494 e. The van der Waals surface area contributed by atoms with Crippen LogP contribution in [-0.2, 0) is 6.54 Å². The van der Waals surface area contributed by atoms with Crippen LogP contribution in [0.5, 0.6) is 11.5 Å². The van der Waals surface area contributed by atoms with Crippen molar-refractivity contribution in [3.8, 4) is 22.8 Å². The molecule has 3 aromatic carbocycles. The van der Waals surface area contributed by atoms with Crippen LogP contribution < -0.4 is 14.8 Å². The lowest BCUT2D eigenvalue weighted by atomic mass is 10.1. The molecule has 0 aliphatic carbocycles. The molecular formula is C32H37N3O2. The van der Waals surface area contributed by atoms with Crippen molar-refractivity contribution in [2.45, 2.75) is 39.2 Å². The lowest BCUT2D eigenvalue weighted by Crippen LogP contribution is -2.33. The van der Waals surface area contributed by atoms with Gasteiger partial charge in [0, 0.05) is 35.8 Å². The average Bonchev–Trinajstić information content (AvgIpc) is 2.96. The van der Waals surface area contributed by atoms with E-state index in [-0.39, 0.29) is 0 Å². The van der Waals surface area contributed by atoms with E-state index < -0.39 is 0 Å². The highest BCUT2D eigenvalue weighted by atomic mass is 16.5. The molecule has 0 atom stereocenters. The molecule has 1 saturated heterocycles. The number of hydrogen-bond donors (Lipinski definition) is 1. The Morgan fingerprint density at radius 2 is 1.65 bits per heavy atom. The van der Waals surface area contributed by atoms with Gasteiger partial charge in [-0.1, -0.05) is 43.7 Å². The molecule has 37 heavy (non-hydrogen) atoms. The third kappa shape index (κ3) is 6.80. The van der Waals surface area contributed by atoms with E-state index in [2.05, 4.69) is 77.8 Å². The normalized spacial score (nSPS) is 14.0. The van der Waals surface area contributed by atoms with E-state index in [1.165, 1.54) is 37.9 Å². The number of fused-ring (bicyclic) bond motifs is 1. The summed E-state index contributed by atoms with van der Waals surface area (Å²) in [7, 11) is 0. The van der Waals surface area contributed by atoms with E-state index >= 15 is 0 Å². The van der Waals surface area contributed by atoms with Crippen LogP contribution >= 0.6 is 0 Å². The minimum absolute atomic E-state index is 0.671. The van der Waals surface area contributed by atoms with Crippen LogP contribution in [0.15, 0.2) is 78.9 Å². The molecule has 0 spiro atoms. The number of likely N-dealkylation sites (tertiary alicyclic amines) is 1. The van der Waals surface area contributed by atoms with Gasteiger partial charge in [-0.25, -0.2) is 4.98 Å². The molecule has 1 aromatic heterocycles. The van der Waals surface area contributed by atoms with Crippen molar-refractivity contribution in [3.63, 3.8) is 0 Å². The highest BCUT2D eigenvalue weighted by Crippen LogP contribution is 2.33. The maximum absolute atomic E-state index is 6.44. The topological polar surface area (TPSA) is 46.6 Å². The predicted molar refractivity (Wildman–Crippen MR) is 153 cm³/mol. The van der Waals surface area contributed by atoms with Gasteiger partial charge in [0.1, 0.15) is 18.1 Å². The van der Waals surface area contributed by atoms with Gasteiger partial charge in [-0.2, -0.15) is 0 Å². The Kier molecular flexibility index (Phi) is 8.54. The van der Waals surface area contributed by atoms with Gasteiger partial charge in [-0.15, -0.1) is 0 Å². The standard InChI is InChI=1S/C32H37N3O2/c1-2-20-36-28-14-11-26(12-15-28)31-23-32(37-21-19-35-17-7-4-8-18-35)29-22-27(13-16-30(29)34-31)33-24-25-9-5-3-6-10-25/h3,5-6,9-16,22-23,33H,2,4,7-8,17-21,24H2,1H3. The van der Waals surface area contributed by atoms with E-state index in [1.807, 2.05) is 18.2 Å². The summed E-state index contributed by atoms with van der Waals surface area (Å²) in [6.07, 6.45) is 4.92. The lowest BCUT2D eigenvalue weighted by Gasteiger charge is -2.26. The number of aromatic nitrogens is 1. The molecule has 5 nitrogen and oxygen atoms in total. The summed E-state index contributed by atoms with van der Waals surface area (Å²) >= 11 is 0. The van der Waals surface area contributed by atoms with Crippen LogP contribution in [0.1, 0.15) is 38.2 Å². The Labute approximate surface area is 220 Å². The first kappa shape index (κ1) is 25.1. The number of hydrogen-bond acceptors (Lipinski definition) is 5. The van der Waals surface area contributed by atoms with E-state index in [4.69, 9.17) is 14.5 Å². The van der Waals surface area contributed by atoms with E-state index in [0.717, 1.165) is 65.5 Å².